The minimum absolute atomic E-state index is 0.0644. The molecule has 0 saturated heterocycles. The van der Waals surface area contributed by atoms with Crippen molar-refractivity contribution < 1.29 is 18.3 Å². The fourth-order valence-electron chi connectivity index (χ4n) is 2.82. The maximum Gasteiger partial charge on any atom is 0.271 e. The molecule has 8 heteroatoms. The first-order valence-corrected chi connectivity index (χ1v) is 10.9. The number of phenolic OH excluding ortho intramolecular Hbond substituents is 1. The predicted octanol–water partition coefficient (Wildman–Crippen LogP) is 3.29. The normalized spacial score (nSPS) is 11.7. The third-order valence-corrected chi connectivity index (χ3v) is 6.47. The number of para-hydroxylation sites is 1. The van der Waals surface area contributed by atoms with Crippen LogP contribution in [0.2, 0.25) is 0 Å². The first-order valence-electron chi connectivity index (χ1n) is 9.51. The topological polar surface area (TPSA) is 99.1 Å². The quantitative estimate of drug-likeness (QED) is 0.438. The number of nitrogens with zero attached hydrogens (tertiary/aromatic N) is 2. The molecule has 0 radical (unpaired) electrons. The number of carbonyl (C=O) groups is 1. The van der Waals surface area contributed by atoms with Gasteiger partial charge in [0.15, 0.2) is 0 Å². The Labute approximate surface area is 181 Å². The van der Waals surface area contributed by atoms with Gasteiger partial charge in [0.2, 0.25) is 10.0 Å². The molecule has 0 saturated carbocycles. The number of sulfonamides is 1. The molecule has 0 aliphatic carbocycles. The molecular weight excluding hydrogens is 414 g/mol. The van der Waals surface area contributed by atoms with E-state index in [4.69, 9.17) is 0 Å². The molecule has 7 nitrogen and oxygen atoms in total. The van der Waals surface area contributed by atoms with Gasteiger partial charge >= 0.3 is 0 Å². The van der Waals surface area contributed by atoms with Crippen molar-refractivity contribution in [3.8, 4) is 5.75 Å². The molecule has 0 aliphatic heterocycles. The summed E-state index contributed by atoms with van der Waals surface area (Å²) in [6, 6.07) is 19.9. The molecule has 0 atom stereocenters. The van der Waals surface area contributed by atoms with Gasteiger partial charge in [-0.15, -0.1) is 0 Å². The van der Waals surface area contributed by atoms with Gasteiger partial charge in [0.05, 0.1) is 11.1 Å². The molecular formula is C23H23N3O4S. The fourth-order valence-corrected chi connectivity index (χ4v) is 3.97. The zero-order chi connectivity index (χ0) is 22.4. The Morgan fingerprint density at radius 1 is 1.03 bits per heavy atom. The molecule has 3 aromatic carbocycles. The SMILES string of the molecule is Cc1ccc(S(=O)(=O)N(C)Cc2ccc(C(=O)N/N=C/c3ccccc3O)cc2)cc1. The lowest BCUT2D eigenvalue weighted by atomic mass is 10.1. The number of nitrogens with one attached hydrogen (secondary N) is 1. The van der Waals surface area contributed by atoms with E-state index in [9.17, 15) is 18.3 Å². The smallest absolute Gasteiger partial charge is 0.271 e. The lowest BCUT2D eigenvalue weighted by molar-refractivity contribution is 0.0955. The van der Waals surface area contributed by atoms with Gasteiger partial charge in [-0.3, -0.25) is 4.79 Å². The summed E-state index contributed by atoms with van der Waals surface area (Å²) >= 11 is 0. The highest BCUT2D eigenvalue weighted by Crippen LogP contribution is 2.18. The van der Waals surface area contributed by atoms with E-state index in [-0.39, 0.29) is 17.2 Å². The summed E-state index contributed by atoms with van der Waals surface area (Å²) in [5, 5.41) is 13.5. The molecule has 0 bridgehead atoms. The Morgan fingerprint density at radius 3 is 2.32 bits per heavy atom. The Morgan fingerprint density at radius 2 is 1.68 bits per heavy atom. The first kappa shape index (κ1) is 22.2. The molecule has 0 aromatic heterocycles. The van der Waals surface area contributed by atoms with Crippen molar-refractivity contribution in [1.82, 2.24) is 9.73 Å². The summed E-state index contributed by atoms with van der Waals surface area (Å²) in [4.78, 5) is 12.5. The number of amides is 1. The van der Waals surface area contributed by atoms with Crippen molar-refractivity contribution >= 4 is 22.1 Å². The van der Waals surface area contributed by atoms with Crippen molar-refractivity contribution in [2.75, 3.05) is 7.05 Å². The van der Waals surface area contributed by atoms with Crippen LogP contribution < -0.4 is 5.43 Å². The molecule has 0 heterocycles. The number of phenols is 1. The lowest BCUT2D eigenvalue weighted by Gasteiger charge is -2.17. The summed E-state index contributed by atoms with van der Waals surface area (Å²) in [6.07, 6.45) is 1.35. The Hall–Kier alpha value is -3.49. The van der Waals surface area contributed by atoms with Crippen molar-refractivity contribution in [3.05, 3.63) is 95.1 Å². The number of hydrogen-bond acceptors (Lipinski definition) is 5. The number of hydrazone groups is 1. The third kappa shape index (κ3) is 5.56. The van der Waals surface area contributed by atoms with Crippen LogP contribution in [-0.4, -0.2) is 37.0 Å². The van der Waals surface area contributed by atoms with E-state index in [0.29, 0.717) is 11.1 Å². The molecule has 0 spiro atoms. The number of benzene rings is 3. The molecule has 3 aromatic rings. The van der Waals surface area contributed by atoms with Gasteiger partial charge in [0.1, 0.15) is 5.75 Å². The van der Waals surface area contributed by atoms with E-state index in [1.54, 1.807) is 66.7 Å². The van der Waals surface area contributed by atoms with Crippen LogP contribution in [0.5, 0.6) is 5.75 Å². The van der Waals surface area contributed by atoms with Gasteiger partial charge in [-0.05, 0) is 48.9 Å². The summed E-state index contributed by atoms with van der Waals surface area (Å²) in [5.41, 5.74) is 4.99. The average molecular weight is 438 g/mol. The first-order chi connectivity index (χ1) is 14.8. The summed E-state index contributed by atoms with van der Waals surface area (Å²) < 4.78 is 26.7. The molecule has 2 N–H and O–H groups in total. The van der Waals surface area contributed by atoms with E-state index >= 15 is 0 Å². The molecule has 0 aliphatic rings. The van der Waals surface area contributed by atoms with Gasteiger partial charge in [-0.25, -0.2) is 13.8 Å². The summed E-state index contributed by atoms with van der Waals surface area (Å²) in [5.74, 6) is -0.353. The number of hydrogen-bond donors (Lipinski definition) is 2. The summed E-state index contributed by atoms with van der Waals surface area (Å²) in [7, 11) is -2.09. The molecule has 160 valence electrons. The standard InChI is InChI=1S/C23H23N3O4S/c1-17-7-13-21(14-8-17)31(29,30)26(2)16-18-9-11-19(12-10-18)23(28)25-24-15-20-5-3-4-6-22(20)27/h3-15,27H,16H2,1-2H3,(H,25,28)/b24-15+. The lowest BCUT2D eigenvalue weighted by Crippen LogP contribution is -2.26. The molecule has 1 amide bonds. The van der Waals surface area contributed by atoms with Gasteiger partial charge in [0, 0.05) is 24.7 Å². The number of aromatic hydroxyl groups is 1. The average Bonchev–Trinajstić information content (AvgIpc) is 2.76. The van der Waals surface area contributed by atoms with Gasteiger partial charge < -0.3 is 5.11 Å². The van der Waals surface area contributed by atoms with Crippen LogP contribution in [0.1, 0.15) is 27.0 Å². The monoisotopic (exact) mass is 437 g/mol. The summed E-state index contributed by atoms with van der Waals surface area (Å²) in [6.45, 7) is 2.07. The highest BCUT2D eigenvalue weighted by atomic mass is 32.2. The number of aryl methyl sites for hydroxylation is 1. The zero-order valence-corrected chi connectivity index (χ0v) is 18.0. The van der Waals surface area contributed by atoms with Crippen LogP contribution >= 0.6 is 0 Å². The van der Waals surface area contributed by atoms with Crippen LogP contribution in [0.15, 0.2) is 82.8 Å². The maximum absolute atomic E-state index is 12.7. The van der Waals surface area contributed by atoms with Crippen LogP contribution in [0.3, 0.4) is 0 Å². The Bertz CT molecular complexity index is 1190. The molecule has 31 heavy (non-hydrogen) atoms. The zero-order valence-electron chi connectivity index (χ0n) is 17.2. The third-order valence-electron chi connectivity index (χ3n) is 4.66. The van der Waals surface area contributed by atoms with Gasteiger partial charge in [-0.2, -0.15) is 9.41 Å². The highest BCUT2D eigenvalue weighted by molar-refractivity contribution is 7.89. The molecule has 0 unspecified atom stereocenters. The van der Waals surface area contributed by atoms with Crippen LogP contribution in [0.4, 0.5) is 0 Å². The minimum atomic E-state index is -3.61. The van der Waals surface area contributed by atoms with Crippen molar-refractivity contribution in [2.45, 2.75) is 18.4 Å². The van der Waals surface area contributed by atoms with Crippen LogP contribution in [0.25, 0.3) is 0 Å². The maximum atomic E-state index is 12.7. The molecule has 3 rings (SSSR count). The van der Waals surface area contributed by atoms with E-state index < -0.39 is 15.9 Å². The van der Waals surface area contributed by atoms with Crippen molar-refractivity contribution in [2.24, 2.45) is 5.10 Å². The number of rotatable bonds is 7. The fraction of sp³-hybridized carbons (Fsp3) is 0.130. The van der Waals surface area contributed by atoms with E-state index in [2.05, 4.69) is 10.5 Å². The second-order valence-electron chi connectivity index (χ2n) is 7.03. The van der Waals surface area contributed by atoms with Crippen LogP contribution in [-0.2, 0) is 16.6 Å². The van der Waals surface area contributed by atoms with Crippen LogP contribution in [0, 0.1) is 6.92 Å². The minimum Gasteiger partial charge on any atom is -0.507 e. The van der Waals surface area contributed by atoms with Crippen molar-refractivity contribution in [3.63, 3.8) is 0 Å². The second-order valence-corrected chi connectivity index (χ2v) is 9.07. The van der Waals surface area contributed by atoms with Gasteiger partial charge in [-0.1, -0.05) is 42.0 Å². The largest absolute Gasteiger partial charge is 0.507 e. The Balaban J connectivity index is 1.62. The number of carbonyl (C=O) groups excluding carboxylic acids is 1. The van der Waals surface area contributed by atoms with Gasteiger partial charge in [0.25, 0.3) is 5.91 Å². The second kappa shape index (κ2) is 9.55. The molecule has 0 fully saturated rings. The predicted molar refractivity (Wildman–Crippen MR) is 119 cm³/mol. The van der Waals surface area contributed by atoms with Crippen molar-refractivity contribution in [1.29, 1.82) is 0 Å². The van der Waals surface area contributed by atoms with E-state index in [1.807, 2.05) is 6.92 Å². The van der Waals surface area contributed by atoms with E-state index in [0.717, 1.165) is 11.1 Å². The van der Waals surface area contributed by atoms with E-state index in [1.165, 1.54) is 23.6 Å². The highest BCUT2D eigenvalue weighted by Gasteiger charge is 2.20. The Kier molecular flexibility index (Phi) is 6.84.